The molecular formula is C23H21NO7. The number of aromatic hydroxyl groups is 2. The Morgan fingerprint density at radius 1 is 0.968 bits per heavy atom. The molecule has 1 aliphatic rings. The molecule has 3 aromatic carbocycles. The van der Waals surface area contributed by atoms with Gasteiger partial charge in [-0.3, -0.25) is 4.79 Å². The Kier molecular flexibility index (Phi) is 5.44. The summed E-state index contributed by atoms with van der Waals surface area (Å²) in [5, 5.41) is 22.1. The number of phenols is 2. The van der Waals surface area contributed by atoms with E-state index >= 15 is 0 Å². The van der Waals surface area contributed by atoms with E-state index in [2.05, 4.69) is 5.32 Å². The van der Waals surface area contributed by atoms with Crippen molar-refractivity contribution < 1.29 is 34.0 Å². The maximum absolute atomic E-state index is 12.9. The van der Waals surface area contributed by atoms with Crippen LogP contribution < -0.4 is 24.3 Å². The number of carbonyl (C=O) groups excluding carboxylic acids is 1. The van der Waals surface area contributed by atoms with Gasteiger partial charge in [0.25, 0.3) is 5.91 Å². The van der Waals surface area contributed by atoms with Crippen LogP contribution in [0.3, 0.4) is 0 Å². The summed E-state index contributed by atoms with van der Waals surface area (Å²) in [6.45, 7) is 0.232. The van der Waals surface area contributed by atoms with Gasteiger partial charge in [-0.15, -0.1) is 0 Å². The Bertz CT molecular complexity index is 1140. The van der Waals surface area contributed by atoms with E-state index in [-0.39, 0.29) is 24.8 Å². The van der Waals surface area contributed by atoms with Crippen LogP contribution in [-0.4, -0.2) is 37.1 Å². The van der Waals surface area contributed by atoms with Gasteiger partial charge in [-0.1, -0.05) is 6.07 Å². The van der Waals surface area contributed by atoms with E-state index in [0.29, 0.717) is 39.7 Å². The van der Waals surface area contributed by atoms with Crippen molar-refractivity contribution in [1.82, 2.24) is 5.32 Å². The lowest BCUT2D eigenvalue weighted by Gasteiger charge is -2.16. The summed E-state index contributed by atoms with van der Waals surface area (Å²) in [7, 11) is 3.01. The monoisotopic (exact) mass is 423 g/mol. The van der Waals surface area contributed by atoms with E-state index in [1.165, 1.54) is 25.3 Å². The minimum absolute atomic E-state index is 0.0576. The predicted molar refractivity (Wildman–Crippen MR) is 112 cm³/mol. The number of fused-ring (bicyclic) bond motifs is 1. The van der Waals surface area contributed by atoms with Crippen molar-refractivity contribution in [2.75, 3.05) is 21.0 Å². The van der Waals surface area contributed by atoms with Crippen molar-refractivity contribution in [3.63, 3.8) is 0 Å². The van der Waals surface area contributed by atoms with Crippen LogP contribution in [0.4, 0.5) is 0 Å². The molecule has 1 aliphatic heterocycles. The largest absolute Gasteiger partial charge is 0.508 e. The number of carbonyl (C=O) groups is 1. The van der Waals surface area contributed by atoms with Crippen molar-refractivity contribution in [2.45, 2.75) is 6.54 Å². The van der Waals surface area contributed by atoms with Gasteiger partial charge in [0.05, 0.1) is 19.8 Å². The zero-order valence-electron chi connectivity index (χ0n) is 17.0. The highest BCUT2D eigenvalue weighted by molar-refractivity contribution is 5.99. The third-order valence-corrected chi connectivity index (χ3v) is 4.96. The molecule has 0 fully saturated rings. The fraction of sp³-hybridized carbons (Fsp3) is 0.174. The van der Waals surface area contributed by atoms with Gasteiger partial charge < -0.3 is 34.5 Å². The second-order valence-electron chi connectivity index (χ2n) is 6.82. The van der Waals surface area contributed by atoms with Gasteiger partial charge in [-0.05, 0) is 35.9 Å². The lowest BCUT2D eigenvalue weighted by atomic mass is 10.00. The normalized spacial score (nSPS) is 11.8. The van der Waals surface area contributed by atoms with Crippen LogP contribution in [-0.2, 0) is 6.54 Å². The molecule has 0 aromatic heterocycles. The third-order valence-electron chi connectivity index (χ3n) is 4.96. The molecule has 8 heteroatoms. The molecule has 3 aromatic rings. The van der Waals surface area contributed by atoms with Crippen LogP contribution in [0.5, 0.6) is 34.5 Å². The number of rotatable bonds is 6. The maximum atomic E-state index is 12.9. The minimum atomic E-state index is -0.394. The van der Waals surface area contributed by atoms with Crippen LogP contribution >= 0.6 is 0 Å². The first-order valence-electron chi connectivity index (χ1n) is 9.45. The van der Waals surface area contributed by atoms with E-state index in [9.17, 15) is 15.0 Å². The molecule has 4 rings (SSSR count). The zero-order valence-corrected chi connectivity index (χ0v) is 17.0. The standard InChI is InChI=1S/C23H21NO7/c1-28-20-10-21(29-2)17(23(27)24-11-14-3-5-15(25)8-18(14)26)9-16(20)13-4-6-19-22(7-13)31-12-30-19/h3-10,25-26H,11-12H2,1-2H3,(H,24,27). The first-order valence-corrected chi connectivity index (χ1v) is 9.45. The third kappa shape index (κ3) is 4.00. The Morgan fingerprint density at radius 3 is 2.48 bits per heavy atom. The first-order chi connectivity index (χ1) is 15.0. The smallest absolute Gasteiger partial charge is 0.255 e. The molecule has 8 nitrogen and oxygen atoms in total. The Labute approximate surface area is 178 Å². The molecule has 0 spiro atoms. The molecule has 3 N–H and O–H groups in total. The van der Waals surface area contributed by atoms with Gasteiger partial charge in [0, 0.05) is 29.8 Å². The molecule has 1 heterocycles. The van der Waals surface area contributed by atoms with Crippen LogP contribution in [0.25, 0.3) is 11.1 Å². The molecule has 0 saturated carbocycles. The molecule has 0 bridgehead atoms. The van der Waals surface area contributed by atoms with Crippen molar-refractivity contribution in [1.29, 1.82) is 0 Å². The highest BCUT2D eigenvalue weighted by Crippen LogP contribution is 2.41. The summed E-state index contributed by atoms with van der Waals surface area (Å²) >= 11 is 0. The molecule has 0 saturated heterocycles. The van der Waals surface area contributed by atoms with Crippen LogP contribution in [0.2, 0.25) is 0 Å². The van der Waals surface area contributed by atoms with Gasteiger partial charge in [0.15, 0.2) is 11.5 Å². The van der Waals surface area contributed by atoms with Crippen molar-refractivity contribution >= 4 is 5.91 Å². The molecule has 0 atom stereocenters. The van der Waals surface area contributed by atoms with E-state index in [1.54, 1.807) is 25.3 Å². The number of hydrogen-bond donors (Lipinski definition) is 3. The summed E-state index contributed by atoms with van der Waals surface area (Å²) in [5.41, 5.74) is 2.23. The lowest BCUT2D eigenvalue weighted by molar-refractivity contribution is 0.0947. The second-order valence-corrected chi connectivity index (χ2v) is 6.82. The van der Waals surface area contributed by atoms with E-state index in [4.69, 9.17) is 18.9 Å². The molecule has 0 radical (unpaired) electrons. The topological polar surface area (TPSA) is 106 Å². The van der Waals surface area contributed by atoms with Gasteiger partial charge in [-0.2, -0.15) is 0 Å². The van der Waals surface area contributed by atoms with Gasteiger partial charge in [-0.25, -0.2) is 0 Å². The molecule has 1 amide bonds. The second kappa shape index (κ2) is 8.35. The fourth-order valence-corrected chi connectivity index (χ4v) is 3.34. The highest BCUT2D eigenvalue weighted by Gasteiger charge is 2.20. The summed E-state index contributed by atoms with van der Waals surface area (Å²) in [6.07, 6.45) is 0. The van der Waals surface area contributed by atoms with Crippen molar-refractivity contribution in [2.24, 2.45) is 0 Å². The molecule has 31 heavy (non-hydrogen) atoms. The molecular weight excluding hydrogens is 402 g/mol. The number of phenolic OH excluding ortho intramolecular Hbond substituents is 2. The number of ether oxygens (including phenoxy) is 4. The van der Waals surface area contributed by atoms with Crippen LogP contribution in [0.1, 0.15) is 15.9 Å². The van der Waals surface area contributed by atoms with E-state index in [0.717, 1.165) is 5.56 Å². The highest BCUT2D eigenvalue weighted by atomic mass is 16.7. The number of methoxy groups -OCH3 is 2. The summed E-state index contributed by atoms with van der Waals surface area (Å²) in [5.74, 6) is 1.58. The van der Waals surface area contributed by atoms with Crippen LogP contribution in [0, 0.1) is 0 Å². The van der Waals surface area contributed by atoms with Gasteiger partial charge in [0.2, 0.25) is 6.79 Å². The van der Waals surface area contributed by atoms with Gasteiger partial charge >= 0.3 is 0 Å². The van der Waals surface area contributed by atoms with Crippen LogP contribution in [0.15, 0.2) is 48.5 Å². The quantitative estimate of drug-likeness (QED) is 0.558. The Morgan fingerprint density at radius 2 is 1.74 bits per heavy atom. The predicted octanol–water partition coefficient (Wildman–Crippen LogP) is 3.44. The zero-order chi connectivity index (χ0) is 22.0. The van der Waals surface area contributed by atoms with E-state index < -0.39 is 5.91 Å². The number of benzene rings is 3. The maximum Gasteiger partial charge on any atom is 0.255 e. The summed E-state index contributed by atoms with van der Waals surface area (Å²) in [4.78, 5) is 12.9. The number of amides is 1. The summed E-state index contributed by atoms with van der Waals surface area (Å²) < 4.78 is 21.7. The average Bonchev–Trinajstić information content (AvgIpc) is 3.25. The SMILES string of the molecule is COc1cc(OC)c(-c2ccc3c(c2)OCO3)cc1C(=O)NCc1ccc(O)cc1O. The van der Waals surface area contributed by atoms with E-state index in [1.807, 2.05) is 12.1 Å². The number of nitrogens with one attached hydrogen (secondary N) is 1. The Balaban J connectivity index is 1.66. The molecule has 0 unspecified atom stereocenters. The van der Waals surface area contributed by atoms with Crippen molar-refractivity contribution in [3.8, 4) is 45.6 Å². The lowest BCUT2D eigenvalue weighted by Crippen LogP contribution is -2.23. The van der Waals surface area contributed by atoms with Crippen molar-refractivity contribution in [3.05, 3.63) is 59.7 Å². The van der Waals surface area contributed by atoms with Gasteiger partial charge in [0.1, 0.15) is 23.0 Å². The first kappa shape index (κ1) is 20.2. The Hall–Kier alpha value is -4.07. The summed E-state index contributed by atoms with van der Waals surface area (Å²) in [6, 6.07) is 13.0. The minimum Gasteiger partial charge on any atom is -0.508 e. The molecule has 160 valence electrons. The number of hydrogen-bond acceptors (Lipinski definition) is 7. The molecule has 0 aliphatic carbocycles. The average molecular weight is 423 g/mol. The fourth-order valence-electron chi connectivity index (χ4n) is 3.34.